The van der Waals surface area contributed by atoms with Crippen LogP contribution in [-0.4, -0.2) is 14.9 Å². The first-order valence-corrected chi connectivity index (χ1v) is 6.60. The van der Waals surface area contributed by atoms with Gasteiger partial charge in [-0.25, -0.2) is 8.78 Å². The number of rotatable bonds is 3. The minimum absolute atomic E-state index is 0.0487. The lowest BCUT2D eigenvalue weighted by molar-refractivity contribution is 0.173. The SMILES string of the molecule is Cn1nc(C(O)Cc2ccc(F)cc2F)c2ccccc21. The minimum Gasteiger partial charge on any atom is -0.386 e. The number of para-hydroxylation sites is 1. The van der Waals surface area contributed by atoms with Gasteiger partial charge in [-0.2, -0.15) is 5.10 Å². The Labute approximate surface area is 120 Å². The van der Waals surface area contributed by atoms with Gasteiger partial charge in [0.05, 0.1) is 11.2 Å². The molecule has 1 heterocycles. The van der Waals surface area contributed by atoms with Gasteiger partial charge in [-0.05, 0) is 17.7 Å². The number of aliphatic hydroxyl groups is 1. The molecule has 0 aliphatic carbocycles. The summed E-state index contributed by atoms with van der Waals surface area (Å²) in [5.41, 5.74) is 1.65. The molecule has 3 nitrogen and oxygen atoms in total. The maximum atomic E-state index is 13.7. The van der Waals surface area contributed by atoms with Crippen LogP contribution in [0.2, 0.25) is 0 Å². The Bertz CT molecular complexity index is 798. The topological polar surface area (TPSA) is 38.0 Å². The average Bonchev–Trinajstić information content (AvgIpc) is 2.80. The van der Waals surface area contributed by atoms with E-state index in [-0.39, 0.29) is 12.0 Å². The zero-order valence-corrected chi connectivity index (χ0v) is 11.4. The molecular formula is C16H14F2N2O. The smallest absolute Gasteiger partial charge is 0.129 e. The molecule has 1 atom stereocenters. The maximum Gasteiger partial charge on any atom is 0.129 e. The van der Waals surface area contributed by atoms with Gasteiger partial charge in [0, 0.05) is 24.9 Å². The van der Waals surface area contributed by atoms with E-state index < -0.39 is 17.7 Å². The molecule has 0 fully saturated rings. The molecule has 0 amide bonds. The summed E-state index contributed by atoms with van der Waals surface area (Å²) in [6.07, 6.45) is -0.899. The fraction of sp³-hybridized carbons (Fsp3) is 0.188. The fourth-order valence-electron chi connectivity index (χ4n) is 2.48. The van der Waals surface area contributed by atoms with Crippen molar-refractivity contribution in [2.24, 2.45) is 7.05 Å². The van der Waals surface area contributed by atoms with E-state index >= 15 is 0 Å². The lowest BCUT2D eigenvalue weighted by atomic mass is 10.0. The lowest BCUT2D eigenvalue weighted by Gasteiger charge is -2.09. The van der Waals surface area contributed by atoms with Gasteiger partial charge in [0.15, 0.2) is 0 Å². The average molecular weight is 288 g/mol. The maximum absolute atomic E-state index is 13.7. The Morgan fingerprint density at radius 1 is 1.19 bits per heavy atom. The van der Waals surface area contributed by atoms with Gasteiger partial charge in [0.1, 0.15) is 17.7 Å². The molecule has 0 saturated heterocycles. The van der Waals surface area contributed by atoms with Gasteiger partial charge in [-0.15, -0.1) is 0 Å². The summed E-state index contributed by atoms with van der Waals surface area (Å²) in [5.74, 6) is -1.29. The van der Waals surface area contributed by atoms with Crippen LogP contribution in [-0.2, 0) is 13.5 Å². The first-order chi connectivity index (χ1) is 10.1. The van der Waals surface area contributed by atoms with Crippen molar-refractivity contribution >= 4 is 10.9 Å². The Hall–Kier alpha value is -2.27. The minimum atomic E-state index is -0.948. The molecule has 2 aromatic carbocycles. The van der Waals surface area contributed by atoms with E-state index in [4.69, 9.17) is 0 Å². The number of aliphatic hydroxyl groups excluding tert-OH is 1. The van der Waals surface area contributed by atoms with E-state index in [0.717, 1.165) is 17.0 Å². The third-order valence-electron chi connectivity index (χ3n) is 3.53. The quantitative estimate of drug-likeness (QED) is 0.804. The van der Waals surface area contributed by atoms with Crippen molar-refractivity contribution in [3.05, 3.63) is 65.4 Å². The van der Waals surface area contributed by atoms with Gasteiger partial charge in [0.25, 0.3) is 0 Å². The van der Waals surface area contributed by atoms with Crippen LogP contribution in [0.3, 0.4) is 0 Å². The second-order valence-electron chi connectivity index (χ2n) is 4.98. The molecule has 0 spiro atoms. The Balaban J connectivity index is 1.95. The van der Waals surface area contributed by atoms with E-state index in [9.17, 15) is 13.9 Å². The zero-order valence-electron chi connectivity index (χ0n) is 11.4. The van der Waals surface area contributed by atoms with Crippen LogP contribution < -0.4 is 0 Å². The van der Waals surface area contributed by atoms with Crippen LogP contribution in [0.25, 0.3) is 10.9 Å². The summed E-state index contributed by atoms with van der Waals surface area (Å²) >= 11 is 0. The summed E-state index contributed by atoms with van der Waals surface area (Å²) in [6.45, 7) is 0. The van der Waals surface area contributed by atoms with Gasteiger partial charge in [-0.3, -0.25) is 4.68 Å². The Morgan fingerprint density at radius 2 is 1.95 bits per heavy atom. The van der Waals surface area contributed by atoms with Crippen LogP contribution in [0.5, 0.6) is 0 Å². The molecule has 108 valence electrons. The van der Waals surface area contributed by atoms with E-state index in [2.05, 4.69) is 5.10 Å². The molecule has 0 bridgehead atoms. The number of hydrogen-bond donors (Lipinski definition) is 1. The number of halogens is 2. The summed E-state index contributed by atoms with van der Waals surface area (Å²) in [5, 5.41) is 15.5. The summed E-state index contributed by atoms with van der Waals surface area (Å²) in [4.78, 5) is 0. The monoisotopic (exact) mass is 288 g/mol. The summed E-state index contributed by atoms with van der Waals surface area (Å²) in [6, 6.07) is 10.9. The number of aromatic nitrogens is 2. The van der Waals surface area contributed by atoms with Crippen molar-refractivity contribution in [1.82, 2.24) is 9.78 Å². The standard InChI is InChI=1S/C16H14F2N2O/c1-20-14-5-3-2-4-12(14)16(19-20)15(21)8-10-6-7-11(17)9-13(10)18/h2-7,9,15,21H,8H2,1H3. The molecule has 3 rings (SSSR count). The number of benzene rings is 2. The predicted octanol–water partition coefficient (Wildman–Crippen LogP) is 3.13. The molecule has 5 heteroatoms. The normalized spacial score (nSPS) is 12.8. The van der Waals surface area contributed by atoms with Crippen molar-refractivity contribution in [2.75, 3.05) is 0 Å². The second kappa shape index (κ2) is 5.26. The summed E-state index contributed by atoms with van der Waals surface area (Å²) < 4.78 is 28.2. The van der Waals surface area contributed by atoms with Crippen molar-refractivity contribution in [3.8, 4) is 0 Å². The van der Waals surface area contributed by atoms with E-state index in [1.807, 2.05) is 24.3 Å². The number of nitrogens with zero attached hydrogens (tertiary/aromatic N) is 2. The third kappa shape index (κ3) is 2.52. The van der Waals surface area contributed by atoms with E-state index in [1.165, 1.54) is 12.1 Å². The largest absolute Gasteiger partial charge is 0.386 e. The predicted molar refractivity (Wildman–Crippen MR) is 75.7 cm³/mol. The van der Waals surface area contributed by atoms with Crippen molar-refractivity contribution in [3.63, 3.8) is 0 Å². The highest BCUT2D eigenvalue weighted by Gasteiger charge is 2.18. The van der Waals surface area contributed by atoms with Crippen molar-refractivity contribution in [2.45, 2.75) is 12.5 Å². The molecule has 21 heavy (non-hydrogen) atoms. The number of aryl methyl sites for hydroxylation is 1. The zero-order chi connectivity index (χ0) is 15.0. The summed E-state index contributed by atoms with van der Waals surface area (Å²) in [7, 11) is 1.79. The molecule has 1 N–H and O–H groups in total. The van der Waals surface area contributed by atoms with E-state index in [0.29, 0.717) is 5.69 Å². The molecule has 0 aliphatic rings. The molecule has 3 aromatic rings. The first kappa shape index (κ1) is 13.7. The highest BCUT2D eigenvalue weighted by Crippen LogP contribution is 2.26. The number of hydrogen-bond acceptors (Lipinski definition) is 2. The highest BCUT2D eigenvalue weighted by molar-refractivity contribution is 5.82. The van der Waals surface area contributed by atoms with Crippen molar-refractivity contribution in [1.29, 1.82) is 0 Å². The Morgan fingerprint density at radius 3 is 2.71 bits per heavy atom. The molecule has 1 aromatic heterocycles. The van der Waals surface area contributed by atoms with Crippen LogP contribution in [0.4, 0.5) is 8.78 Å². The van der Waals surface area contributed by atoms with Crippen LogP contribution >= 0.6 is 0 Å². The first-order valence-electron chi connectivity index (χ1n) is 6.60. The lowest BCUT2D eigenvalue weighted by Crippen LogP contribution is -2.05. The van der Waals surface area contributed by atoms with Crippen LogP contribution in [0.15, 0.2) is 42.5 Å². The van der Waals surface area contributed by atoms with Gasteiger partial charge >= 0.3 is 0 Å². The second-order valence-corrected chi connectivity index (χ2v) is 4.98. The number of fused-ring (bicyclic) bond motifs is 1. The molecule has 0 radical (unpaired) electrons. The van der Waals surface area contributed by atoms with Gasteiger partial charge < -0.3 is 5.11 Å². The highest BCUT2D eigenvalue weighted by atomic mass is 19.1. The van der Waals surface area contributed by atoms with Gasteiger partial charge in [0.2, 0.25) is 0 Å². The van der Waals surface area contributed by atoms with E-state index in [1.54, 1.807) is 11.7 Å². The van der Waals surface area contributed by atoms with Gasteiger partial charge in [-0.1, -0.05) is 24.3 Å². The van der Waals surface area contributed by atoms with Crippen LogP contribution in [0, 0.1) is 11.6 Å². The third-order valence-corrected chi connectivity index (χ3v) is 3.53. The Kier molecular flexibility index (Phi) is 3.43. The molecular weight excluding hydrogens is 274 g/mol. The van der Waals surface area contributed by atoms with Crippen LogP contribution in [0.1, 0.15) is 17.4 Å². The van der Waals surface area contributed by atoms with Crippen molar-refractivity contribution < 1.29 is 13.9 Å². The molecule has 0 saturated carbocycles. The fourth-order valence-corrected chi connectivity index (χ4v) is 2.48. The molecule has 0 aliphatic heterocycles. The molecule has 1 unspecified atom stereocenters.